The molecule has 1 heterocycles. The van der Waals surface area contributed by atoms with Crippen LogP contribution < -0.4 is 5.73 Å². The first-order valence-corrected chi connectivity index (χ1v) is 3.54. The number of anilines is 1. The third-order valence-electron chi connectivity index (χ3n) is 1.16. The van der Waals surface area contributed by atoms with E-state index >= 15 is 0 Å². The minimum Gasteiger partial charge on any atom is -0.397 e. The number of nitrogens with zero attached hydrogens (tertiary/aromatic N) is 1. The standard InChI is InChI=1S/C6H7BrN2O/c7-6-1-4(3-10)5(8)2-9-6/h1-2,10H,3,8H2. The lowest BCUT2D eigenvalue weighted by Gasteiger charge is -1.99. The SMILES string of the molecule is Nc1cnc(Br)cc1CO. The van der Waals surface area contributed by atoms with Gasteiger partial charge in [0.15, 0.2) is 0 Å². The quantitative estimate of drug-likeness (QED) is 0.667. The van der Waals surface area contributed by atoms with Crippen LogP contribution in [0.1, 0.15) is 5.56 Å². The molecule has 0 aliphatic carbocycles. The number of halogens is 1. The van der Waals surface area contributed by atoms with Gasteiger partial charge in [-0.2, -0.15) is 0 Å². The summed E-state index contributed by atoms with van der Waals surface area (Å²) in [5.41, 5.74) is 6.67. The molecule has 0 aromatic carbocycles. The maximum absolute atomic E-state index is 8.71. The fourth-order valence-electron chi connectivity index (χ4n) is 0.615. The molecule has 0 unspecified atom stereocenters. The first kappa shape index (κ1) is 7.50. The maximum Gasteiger partial charge on any atom is 0.106 e. The van der Waals surface area contributed by atoms with Crippen LogP contribution in [0.25, 0.3) is 0 Å². The number of rotatable bonds is 1. The van der Waals surface area contributed by atoms with Gasteiger partial charge in [-0.25, -0.2) is 4.98 Å². The highest BCUT2D eigenvalue weighted by molar-refractivity contribution is 9.10. The smallest absolute Gasteiger partial charge is 0.106 e. The molecule has 10 heavy (non-hydrogen) atoms. The van der Waals surface area contributed by atoms with Gasteiger partial charge in [0, 0.05) is 5.56 Å². The molecule has 1 aromatic rings. The molecule has 4 heteroatoms. The first-order chi connectivity index (χ1) is 4.74. The van der Waals surface area contributed by atoms with E-state index in [0.29, 0.717) is 15.9 Å². The summed E-state index contributed by atoms with van der Waals surface area (Å²) in [6.07, 6.45) is 1.51. The molecule has 0 saturated heterocycles. The van der Waals surface area contributed by atoms with Crippen LogP contribution in [-0.4, -0.2) is 10.1 Å². The third kappa shape index (κ3) is 1.46. The fourth-order valence-corrected chi connectivity index (χ4v) is 0.994. The van der Waals surface area contributed by atoms with E-state index in [1.54, 1.807) is 6.07 Å². The number of aliphatic hydroxyl groups excluding tert-OH is 1. The van der Waals surface area contributed by atoms with Crippen LogP contribution in [0, 0.1) is 0 Å². The Morgan fingerprint density at radius 2 is 2.40 bits per heavy atom. The van der Waals surface area contributed by atoms with Crippen LogP contribution in [0.5, 0.6) is 0 Å². The van der Waals surface area contributed by atoms with Crippen LogP contribution in [0.2, 0.25) is 0 Å². The molecule has 0 amide bonds. The van der Waals surface area contributed by atoms with E-state index in [1.165, 1.54) is 6.20 Å². The molecular formula is C6H7BrN2O. The van der Waals surface area contributed by atoms with Gasteiger partial charge in [-0.1, -0.05) is 0 Å². The first-order valence-electron chi connectivity index (χ1n) is 2.75. The van der Waals surface area contributed by atoms with Crippen molar-refractivity contribution < 1.29 is 5.11 Å². The van der Waals surface area contributed by atoms with Crippen LogP contribution >= 0.6 is 15.9 Å². The van der Waals surface area contributed by atoms with Crippen LogP contribution in [0.3, 0.4) is 0 Å². The van der Waals surface area contributed by atoms with Crippen LogP contribution in [0.15, 0.2) is 16.9 Å². The zero-order chi connectivity index (χ0) is 7.56. The largest absolute Gasteiger partial charge is 0.397 e. The predicted octanol–water partition coefficient (Wildman–Crippen LogP) is 0.919. The molecule has 0 fully saturated rings. The lowest BCUT2D eigenvalue weighted by molar-refractivity contribution is 0.282. The van der Waals surface area contributed by atoms with Crippen LogP contribution in [0.4, 0.5) is 5.69 Å². The zero-order valence-corrected chi connectivity index (χ0v) is 6.80. The lowest BCUT2D eigenvalue weighted by Crippen LogP contribution is -1.94. The summed E-state index contributed by atoms with van der Waals surface area (Å²) >= 11 is 3.16. The number of aromatic nitrogens is 1. The van der Waals surface area contributed by atoms with Crippen molar-refractivity contribution in [1.82, 2.24) is 4.98 Å². The Labute approximate surface area is 67.0 Å². The minimum atomic E-state index is -0.0487. The van der Waals surface area contributed by atoms with Gasteiger partial charge in [0.2, 0.25) is 0 Å². The summed E-state index contributed by atoms with van der Waals surface area (Å²) in [5.74, 6) is 0. The van der Waals surface area contributed by atoms with Gasteiger partial charge in [0.1, 0.15) is 4.60 Å². The van der Waals surface area contributed by atoms with E-state index < -0.39 is 0 Å². The highest BCUT2D eigenvalue weighted by Gasteiger charge is 1.97. The second-order valence-corrected chi connectivity index (χ2v) is 2.68. The summed E-state index contributed by atoms with van der Waals surface area (Å²) in [4.78, 5) is 3.87. The zero-order valence-electron chi connectivity index (χ0n) is 5.21. The Morgan fingerprint density at radius 3 is 2.90 bits per heavy atom. The Kier molecular flexibility index (Phi) is 2.24. The molecule has 3 nitrogen and oxygen atoms in total. The van der Waals surface area contributed by atoms with Gasteiger partial charge in [-0.05, 0) is 22.0 Å². The van der Waals surface area contributed by atoms with Crippen molar-refractivity contribution in [2.45, 2.75) is 6.61 Å². The van der Waals surface area contributed by atoms with Gasteiger partial charge in [-0.15, -0.1) is 0 Å². The van der Waals surface area contributed by atoms with Gasteiger partial charge in [0.25, 0.3) is 0 Å². The molecule has 0 atom stereocenters. The molecule has 3 N–H and O–H groups in total. The summed E-state index contributed by atoms with van der Waals surface area (Å²) < 4.78 is 0.686. The van der Waals surface area contributed by atoms with Crippen molar-refractivity contribution in [2.75, 3.05) is 5.73 Å². The van der Waals surface area contributed by atoms with E-state index in [2.05, 4.69) is 20.9 Å². The van der Waals surface area contributed by atoms with Crippen molar-refractivity contribution >= 4 is 21.6 Å². The minimum absolute atomic E-state index is 0.0487. The highest BCUT2D eigenvalue weighted by Crippen LogP contribution is 2.14. The number of pyridine rings is 1. The Bertz CT molecular complexity index is 239. The van der Waals surface area contributed by atoms with E-state index in [0.717, 1.165) is 0 Å². The van der Waals surface area contributed by atoms with Gasteiger partial charge in [0.05, 0.1) is 18.5 Å². The van der Waals surface area contributed by atoms with Crippen molar-refractivity contribution in [3.8, 4) is 0 Å². The van der Waals surface area contributed by atoms with Crippen LogP contribution in [-0.2, 0) is 6.61 Å². The fraction of sp³-hybridized carbons (Fsp3) is 0.167. The summed E-state index contributed by atoms with van der Waals surface area (Å²) in [7, 11) is 0. The molecule has 1 rings (SSSR count). The molecule has 1 aromatic heterocycles. The monoisotopic (exact) mass is 202 g/mol. The maximum atomic E-state index is 8.71. The molecule has 0 bridgehead atoms. The molecule has 0 saturated carbocycles. The predicted molar refractivity (Wildman–Crippen MR) is 42.3 cm³/mol. The van der Waals surface area contributed by atoms with Gasteiger partial charge < -0.3 is 10.8 Å². The van der Waals surface area contributed by atoms with Gasteiger partial charge >= 0.3 is 0 Å². The normalized spacial score (nSPS) is 9.80. The second-order valence-electron chi connectivity index (χ2n) is 1.86. The summed E-state index contributed by atoms with van der Waals surface area (Å²) in [5, 5.41) is 8.71. The number of aliphatic hydroxyl groups is 1. The summed E-state index contributed by atoms with van der Waals surface area (Å²) in [6.45, 7) is -0.0487. The Morgan fingerprint density at radius 1 is 1.70 bits per heavy atom. The molecule has 0 radical (unpaired) electrons. The topological polar surface area (TPSA) is 59.1 Å². The average molecular weight is 203 g/mol. The van der Waals surface area contributed by atoms with E-state index in [1.807, 2.05) is 0 Å². The summed E-state index contributed by atoms with van der Waals surface area (Å²) in [6, 6.07) is 1.69. The molecule has 0 aliphatic heterocycles. The number of nitrogen functional groups attached to an aromatic ring is 1. The average Bonchev–Trinajstić information content (AvgIpc) is 1.94. The number of hydrogen-bond acceptors (Lipinski definition) is 3. The molecule has 54 valence electrons. The third-order valence-corrected chi connectivity index (χ3v) is 1.60. The molecule has 0 spiro atoms. The van der Waals surface area contributed by atoms with Crippen molar-refractivity contribution in [3.63, 3.8) is 0 Å². The number of hydrogen-bond donors (Lipinski definition) is 2. The van der Waals surface area contributed by atoms with E-state index in [-0.39, 0.29) is 6.61 Å². The second kappa shape index (κ2) is 2.98. The molecular weight excluding hydrogens is 196 g/mol. The lowest BCUT2D eigenvalue weighted by atomic mass is 10.2. The number of nitrogens with two attached hydrogens (primary N) is 1. The van der Waals surface area contributed by atoms with E-state index in [9.17, 15) is 0 Å². The Hall–Kier alpha value is -0.610. The molecule has 0 aliphatic rings. The Balaban J connectivity index is 3.09. The van der Waals surface area contributed by atoms with Crippen molar-refractivity contribution in [3.05, 3.63) is 22.4 Å². The van der Waals surface area contributed by atoms with Gasteiger partial charge in [-0.3, -0.25) is 0 Å². The highest BCUT2D eigenvalue weighted by atomic mass is 79.9. The van der Waals surface area contributed by atoms with Crippen molar-refractivity contribution in [2.24, 2.45) is 0 Å². The van der Waals surface area contributed by atoms with Crippen molar-refractivity contribution in [1.29, 1.82) is 0 Å². The van der Waals surface area contributed by atoms with E-state index in [4.69, 9.17) is 10.8 Å².